The number of carbonyl (C=O) groups is 1. The molecule has 0 spiro atoms. The highest BCUT2D eigenvalue weighted by Gasteiger charge is 2.17. The maximum atomic E-state index is 13.1. The van der Waals surface area contributed by atoms with Crippen LogP contribution < -0.4 is 21.3 Å². The van der Waals surface area contributed by atoms with Crippen LogP contribution in [-0.4, -0.2) is 33.1 Å². The zero-order chi connectivity index (χ0) is 25.9. The van der Waals surface area contributed by atoms with Crippen LogP contribution in [0.1, 0.15) is 18.7 Å². The van der Waals surface area contributed by atoms with Crippen LogP contribution in [0.2, 0.25) is 0 Å². The number of nitrogens with two attached hydrogens (primary N) is 1. The quantitative estimate of drug-likeness (QED) is 0.208. The van der Waals surface area contributed by atoms with E-state index in [4.69, 9.17) is 15.5 Å². The van der Waals surface area contributed by atoms with Crippen molar-refractivity contribution in [1.29, 1.82) is 0 Å². The number of aromatic amines is 1. The lowest BCUT2D eigenvalue weighted by molar-refractivity contribution is -0.112. The Balaban J connectivity index is 0.00000336. The maximum absolute atomic E-state index is 13.1. The van der Waals surface area contributed by atoms with Gasteiger partial charge in [0, 0.05) is 34.7 Å². The van der Waals surface area contributed by atoms with E-state index < -0.39 is 5.91 Å². The summed E-state index contributed by atoms with van der Waals surface area (Å²) >= 11 is 0. The van der Waals surface area contributed by atoms with Gasteiger partial charge >= 0.3 is 0 Å². The standard InChI is InChI=1S/C28H21N5O4.CH4/c1-37-26-19(6-4-7-22(26)34)16-8-10-20-21(13-16)24-25(17(9-11-23(29)35)14-32-28(24)36)33-27(20)31-15-18-5-2-3-12-30-18;/h2-8,10,12-14,34H,15H2,1H3,(H2,29,35)(H,31,33)(H,32,36);1H4. The van der Waals surface area contributed by atoms with Crippen molar-refractivity contribution in [3.63, 3.8) is 0 Å². The fraction of sp³-hybridized carbons (Fsp3) is 0.103. The van der Waals surface area contributed by atoms with Gasteiger partial charge in [-0.05, 0) is 29.8 Å². The molecule has 0 aliphatic rings. The van der Waals surface area contributed by atoms with Gasteiger partial charge in [0.15, 0.2) is 11.5 Å². The molecule has 0 radical (unpaired) electrons. The van der Waals surface area contributed by atoms with Gasteiger partial charge in [0.25, 0.3) is 11.5 Å². The molecule has 0 fully saturated rings. The van der Waals surface area contributed by atoms with Gasteiger partial charge in [-0.15, -0.1) is 0 Å². The SMILES string of the molecule is C.COc1c(O)cccc1-c1ccc2c(NCc3ccccn3)nc3c(C#CC(N)=O)c[nH]c(=O)c3c2c1. The molecular weight excluding hydrogens is 482 g/mol. The Morgan fingerprint density at radius 2 is 2.00 bits per heavy atom. The Hall–Kier alpha value is -5.36. The highest BCUT2D eigenvalue weighted by Crippen LogP contribution is 2.39. The van der Waals surface area contributed by atoms with Crippen molar-refractivity contribution < 1.29 is 14.6 Å². The van der Waals surface area contributed by atoms with Gasteiger partial charge in [-0.25, -0.2) is 4.98 Å². The number of phenols is 1. The summed E-state index contributed by atoms with van der Waals surface area (Å²) in [5.74, 6) is 5.04. The third-order valence-electron chi connectivity index (χ3n) is 5.83. The van der Waals surface area contributed by atoms with Gasteiger partial charge in [0.2, 0.25) is 0 Å². The molecule has 3 heterocycles. The molecule has 0 unspecified atom stereocenters. The van der Waals surface area contributed by atoms with E-state index in [1.807, 2.05) is 42.5 Å². The topological polar surface area (TPSA) is 143 Å². The fourth-order valence-electron chi connectivity index (χ4n) is 4.19. The molecule has 3 aromatic heterocycles. The predicted octanol–water partition coefficient (Wildman–Crippen LogP) is 3.94. The highest BCUT2D eigenvalue weighted by atomic mass is 16.5. The van der Waals surface area contributed by atoms with Crippen LogP contribution in [-0.2, 0) is 11.3 Å². The second-order valence-corrected chi connectivity index (χ2v) is 8.12. The number of ether oxygens (including phenoxy) is 1. The van der Waals surface area contributed by atoms with E-state index in [-0.39, 0.29) is 18.7 Å². The molecule has 9 nitrogen and oxygen atoms in total. The molecule has 0 saturated carbocycles. The van der Waals surface area contributed by atoms with Crippen molar-refractivity contribution in [3.8, 4) is 34.5 Å². The number of hydrogen-bond acceptors (Lipinski definition) is 7. The number of aromatic nitrogens is 3. The van der Waals surface area contributed by atoms with E-state index in [0.717, 1.165) is 11.3 Å². The van der Waals surface area contributed by atoms with Crippen LogP contribution in [0.3, 0.4) is 0 Å². The lowest BCUT2D eigenvalue weighted by Gasteiger charge is -2.15. The Morgan fingerprint density at radius 1 is 1.16 bits per heavy atom. The van der Waals surface area contributed by atoms with Crippen molar-refractivity contribution in [1.82, 2.24) is 15.0 Å². The monoisotopic (exact) mass is 507 g/mol. The minimum absolute atomic E-state index is 0. The van der Waals surface area contributed by atoms with Crippen LogP contribution >= 0.6 is 0 Å². The van der Waals surface area contributed by atoms with Crippen molar-refractivity contribution in [2.24, 2.45) is 5.73 Å². The summed E-state index contributed by atoms with van der Waals surface area (Å²) in [4.78, 5) is 36.1. The Bertz CT molecular complexity index is 1790. The van der Waals surface area contributed by atoms with Crippen molar-refractivity contribution >= 4 is 33.4 Å². The van der Waals surface area contributed by atoms with Gasteiger partial charge in [-0.2, -0.15) is 0 Å². The summed E-state index contributed by atoms with van der Waals surface area (Å²) in [5.41, 5.74) is 7.68. The summed E-state index contributed by atoms with van der Waals surface area (Å²) < 4.78 is 5.43. The van der Waals surface area contributed by atoms with Crippen LogP contribution in [0.5, 0.6) is 11.5 Å². The first kappa shape index (κ1) is 25.7. The molecule has 9 heteroatoms. The zero-order valence-corrected chi connectivity index (χ0v) is 19.7. The number of anilines is 1. The first-order chi connectivity index (χ1) is 18.0. The molecule has 0 aliphatic carbocycles. The number of aromatic hydroxyl groups is 1. The van der Waals surface area contributed by atoms with E-state index in [1.165, 1.54) is 19.4 Å². The highest BCUT2D eigenvalue weighted by molar-refractivity contribution is 6.12. The Kier molecular flexibility index (Phi) is 7.26. The number of nitrogens with one attached hydrogen (secondary N) is 2. The van der Waals surface area contributed by atoms with Gasteiger partial charge in [-0.1, -0.05) is 43.7 Å². The van der Waals surface area contributed by atoms with Crippen LogP contribution in [0.25, 0.3) is 32.8 Å². The first-order valence-corrected chi connectivity index (χ1v) is 11.3. The first-order valence-electron chi connectivity index (χ1n) is 11.3. The van der Waals surface area contributed by atoms with E-state index in [9.17, 15) is 14.7 Å². The molecule has 0 saturated heterocycles. The van der Waals surface area contributed by atoms with Crippen LogP contribution in [0, 0.1) is 11.8 Å². The van der Waals surface area contributed by atoms with Gasteiger partial charge < -0.3 is 25.9 Å². The number of carbonyl (C=O) groups excluding carboxylic acids is 1. The largest absolute Gasteiger partial charge is 0.504 e. The predicted molar refractivity (Wildman–Crippen MR) is 148 cm³/mol. The number of benzene rings is 2. The third-order valence-corrected chi connectivity index (χ3v) is 5.83. The number of pyridine rings is 3. The van der Waals surface area contributed by atoms with E-state index in [0.29, 0.717) is 50.9 Å². The molecular formula is C29H25N5O4. The van der Waals surface area contributed by atoms with E-state index >= 15 is 0 Å². The normalized spacial score (nSPS) is 10.3. The lowest BCUT2D eigenvalue weighted by atomic mass is 9.98. The van der Waals surface area contributed by atoms with Crippen LogP contribution in [0.15, 0.2) is 71.8 Å². The van der Waals surface area contributed by atoms with E-state index in [1.54, 1.807) is 12.3 Å². The summed E-state index contributed by atoms with van der Waals surface area (Å²) in [5, 5.41) is 15.2. The molecule has 0 bridgehead atoms. The molecule has 0 aliphatic heterocycles. The maximum Gasteiger partial charge on any atom is 0.293 e. The number of H-pyrrole nitrogens is 1. The van der Waals surface area contributed by atoms with Crippen molar-refractivity contribution in [2.45, 2.75) is 14.0 Å². The molecule has 0 atom stereocenters. The second-order valence-electron chi connectivity index (χ2n) is 8.12. The number of nitrogens with zero attached hydrogens (tertiary/aromatic N) is 2. The summed E-state index contributed by atoms with van der Waals surface area (Å²) in [6.45, 7) is 0.391. The minimum Gasteiger partial charge on any atom is -0.504 e. The van der Waals surface area contributed by atoms with Gasteiger partial charge in [0.05, 0.1) is 35.8 Å². The van der Waals surface area contributed by atoms with E-state index in [2.05, 4.69) is 27.1 Å². The van der Waals surface area contributed by atoms with Crippen molar-refractivity contribution in [2.75, 3.05) is 12.4 Å². The number of amides is 1. The number of para-hydroxylation sites is 1. The van der Waals surface area contributed by atoms with Gasteiger partial charge in [-0.3, -0.25) is 14.6 Å². The van der Waals surface area contributed by atoms with Crippen molar-refractivity contribution in [3.05, 3.63) is 88.6 Å². The molecule has 5 aromatic rings. The molecule has 190 valence electrons. The average molecular weight is 508 g/mol. The smallest absolute Gasteiger partial charge is 0.293 e. The number of rotatable bonds is 5. The summed E-state index contributed by atoms with van der Waals surface area (Å²) in [6.07, 6.45) is 3.11. The zero-order valence-electron chi connectivity index (χ0n) is 19.7. The fourth-order valence-corrected chi connectivity index (χ4v) is 4.19. The average Bonchev–Trinajstić information content (AvgIpc) is 2.91. The summed E-state index contributed by atoms with van der Waals surface area (Å²) in [6, 6.07) is 16.2. The number of hydrogen-bond donors (Lipinski definition) is 4. The molecule has 5 N–H and O–H groups in total. The van der Waals surface area contributed by atoms with Gasteiger partial charge in [0.1, 0.15) is 5.82 Å². The number of fused-ring (bicyclic) bond motifs is 3. The lowest BCUT2D eigenvalue weighted by Crippen LogP contribution is -2.11. The molecule has 2 aromatic carbocycles. The minimum atomic E-state index is -0.799. The molecule has 38 heavy (non-hydrogen) atoms. The van der Waals surface area contributed by atoms with Crippen LogP contribution in [0.4, 0.5) is 5.82 Å². The summed E-state index contributed by atoms with van der Waals surface area (Å²) in [7, 11) is 1.48. The Morgan fingerprint density at radius 3 is 2.74 bits per heavy atom. The molecule has 1 amide bonds. The third kappa shape index (κ3) is 4.83. The molecule has 5 rings (SSSR count). The Labute approximate surface area is 218 Å². The number of primary amides is 1. The second kappa shape index (κ2) is 10.7. The number of phenolic OH excluding ortho intramolecular Hbond substituents is 1. The number of methoxy groups -OCH3 is 1.